The van der Waals surface area contributed by atoms with E-state index in [2.05, 4.69) is 0 Å². The number of fused-ring (bicyclic) bond motifs is 1. The van der Waals surface area contributed by atoms with Gasteiger partial charge in [-0.05, 0) is 11.1 Å². The Kier molecular flexibility index (Phi) is 5.33. The topological polar surface area (TPSA) is 71.5 Å². The predicted octanol–water partition coefficient (Wildman–Crippen LogP) is 1.91. The zero-order valence-electron chi connectivity index (χ0n) is 14.5. The van der Waals surface area contributed by atoms with Crippen molar-refractivity contribution in [1.82, 2.24) is 0 Å². The van der Waals surface area contributed by atoms with Gasteiger partial charge in [0.25, 0.3) is 0 Å². The molecule has 2 aliphatic rings. The van der Waals surface area contributed by atoms with Crippen molar-refractivity contribution in [2.75, 3.05) is 6.61 Å². The van der Waals surface area contributed by atoms with Crippen LogP contribution in [0.5, 0.6) is 0 Å². The third kappa shape index (κ3) is 3.68. The maximum Gasteiger partial charge on any atom is 0.115 e. The zero-order valence-corrected chi connectivity index (χ0v) is 14.5. The molecule has 6 atom stereocenters. The number of aliphatic hydroxyl groups is 2. The van der Waals surface area contributed by atoms with E-state index < -0.39 is 12.2 Å². The molecule has 2 fully saturated rings. The third-order valence-corrected chi connectivity index (χ3v) is 5.19. The second-order valence-electron chi connectivity index (χ2n) is 6.92. The van der Waals surface area contributed by atoms with Crippen LogP contribution in [0.1, 0.15) is 11.1 Å². The Morgan fingerprint density at radius 2 is 1.31 bits per heavy atom. The molecule has 1 aliphatic carbocycles. The lowest BCUT2D eigenvalue weighted by molar-refractivity contribution is -0.162. The second kappa shape index (κ2) is 7.86. The van der Waals surface area contributed by atoms with E-state index in [9.17, 15) is 10.2 Å². The highest BCUT2D eigenvalue weighted by Crippen LogP contribution is 2.43. The Labute approximate surface area is 153 Å². The number of rotatable bonds is 7. The van der Waals surface area contributed by atoms with Crippen LogP contribution in [0.4, 0.5) is 0 Å². The van der Waals surface area contributed by atoms with Crippen LogP contribution >= 0.6 is 0 Å². The van der Waals surface area contributed by atoms with E-state index >= 15 is 0 Å². The van der Waals surface area contributed by atoms with Crippen LogP contribution in [0, 0.1) is 5.92 Å². The molecule has 1 saturated carbocycles. The standard InChI is InChI=1S/C21H24O5/c22-11-16-17(23)19(24-12-14-7-3-1-4-8-14)20(21-18(16)26-21)25-13-15-9-5-2-6-10-15/h1-10,16-23H,11-13H2/t16-,17-,18-,19+,20-,21-/m1/s1. The molecule has 4 rings (SSSR count). The van der Waals surface area contributed by atoms with Gasteiger partial charge in [0.15, 0.2) is 0 Å². The number of benzene rings is 2. The summed E-state index contributed by atoms with van der Waals surface area (Å²) in [6.07, 6.45) is -2.03. The molecule has 0 bridgehead atoms. The van der Waals surface area contributed by atoms with Crippen molar-refractivity contribution in [2.24, 2.45) is 5.92 Å². The molecular weight excluding hydrogens is 332 g/mol. The monoisotopic (exact) mass is 356 g/mol. The summed E-state index contributed by atoms with van der Waals surface area (Å²) in [4.78, 5) is 0. The van der Waals surface area contributed by atoms with Crippen molar-refractivity contribution >= 4 is 0 Å². The first-order valence-corrected chi connectivity index (χ1v) is 9.03. The number of epoxide rings is 1. The summed E-state index contributed by atoms with van der Waals surface area (Å²) in [6, 6.07) is 19.7. The van der Waals surface area contributed by atoms with E-state index in [4.69, 9.17) is 14.2 Å². The lowest BCUT2D eigenvalue weighted by Gasteiger charge is -2.36. The number of aliphatic hydroxyl groups excluding tert-OH is 2. The van der Waals surface area contributed by atoms with Gasteiger partial charge in [0.05, 0.1) is 32.0 Å². The van der Waals surface area contributed by atoms with Gasteiger partial charge >= 0.3 is 0 Å². The summed E-state index contributed by atoms with van der Waals surface area (Å²) >= 11 is 0. The van der Waals surface area contributed by atoms with Crippen LogP contribution in [-0.4, -0.2) is 47.3 Å². The van der Waals surface area contributed by atoms with Crippen LogP contribution in [0.15, 0.2) is 60.7 Å². The fourth-order valence-corrected chi connectivity index (χ4v) is 3.69. The average Bonchev–Trinajstić information content (AvgIpc) is 3.47. The molecule has 0 unspecified atom stereocenters. The molecule has 2 N–H and O–H groups in total. The van der Waals surface area contributed by atoms with E-state index in [0.717, 1.165) is 11.1 Å². The Hall–Kier alpha value is -1.76. The fourth-order valence-electron chi connectivity index (χ4n) is 3.69. The summed E-state index contributed by atoms with van der Waals surface area (Å²) in [5.41, 5.74) is 2.09. The highest BCUT2D eigenvalue weighted by atomic mass is 16.6. The van der Waals surface area contributed by atoms with Crippen LogP contribution in [0.2, 0.25) is 0 Å². The molecular formula is C21H24O5. The SMILES string of the molecule is OC[C@@H]1[C@@H](O)[C@H](OCc2ccccc2)[C@@H](OCc2ccccc2)[C@@H]2O[C@H]12. The Morgan fingerprint density at radius 1 is 0.769 bits per heavy atom. The molecule has 5 nitrogen and oxygen atoms in total. The molecule has 1 saturated heterocycles. The van der Waals surface area contributed by atoms with Crippen LogP contribution < -0.4 is 0 Å². The van der Waals surface area contributed by atoms with E-state index in [1.54, 1.807) is 0 Å². The third-order valence-electron chi connectivity index (χ3n) is 5.19. The summed E-state index contributed by atoms with van der Waals surface area (Å²) in [5.74, 6) is -0.336. The first-order chi connectivity index (χ1) is 12.8. The maximum atomic E-state index is 10.7. The molecule has 138 valence electrons. The van der Waals surface area contributed by atoms with Crippen molar-refractivity contribution in [1.29, 1.82) is 0 Å². The highest BCUT2D eigenvalue weighted by molar-refractivity contribution is 5.16. The summed E-state index contributed by atoms with van der Waals surface area (Å²) in [5, 5.41) is 20.3. The van der Waals surface area contributed by atoms with Gasteiger partial charge in [-0.25, -0.2) is 0 Å². The highest BCUT2D eigenvalue weighted by Gasteiger charge is 2.61. The molecule has 0 spiro atoms. The fraction of sp³-hybridized carbons (Fsp3) is 0.429. The average molecular weight is 356 g/mol. The van der Waals surface area contributed by atoms with Gasteiger partial charge in [-0.1, -0.05) is 60.7 Å². The van der Waals surface area contributed by atoms with Crippen LogP contribution in [0.25, 0.3) is 0 Å². The first kappa shape index (κ1) is 17.6. The molecule has 26 heavy (non-hydrogen) atoms. The van der Waals surface area contributed by atoms with Gasteiger partial charge in [-0.2, -0.15) is 0 Å². The normalized spacial score (nSPS) is 32.8. The zero-order chi connectivity index (χ0) is 17.9. The Bertz CT molecular complexity index is 692. The van der Waals surface area contributed by atoms with Gasteiger partial charge in [0, 0.05) is 5.92 Å². The number of hydrogen-bond acceptors (Lipinski definition) is 5. The van der Waals surface area contributed by atoms with Gasteiger partial charge < -0.3 is 24.4 Å². The quantitative estimate of drug-likeness (QED) is 0.742. The molecule has 1 aliphatic heterocycles. The maximum absolute atomic E-state index is 10.7. The van der Waals surface area contributed by atoms with Crippen LogP contribution in [-0.2, 0) is 27.4 Å². The molecule has 2 aromatic carbocycles. The lowest BCUT2D eigenvalue weighted by atomic mass is 9.83. The van der Waals surface area contributed by atoms with Crippen molar-refractivity contribution in [3.05, 3.63) is 71.8 Å². The summed E-state index contributed by atoms with van der Waals surface area (Å²) < 4.78 is 17.9. The number of hydrogen-bond donors (Lipinski definition) is 2. The second-order valence-corrected chi connectivity index (χ2v) is 6.92. The minimum absolute atomic E-state index is 0.126. The Morgan fingerprint density at radius 3 is 1.85 bits per heavy atom. The van der Waals surface area contributed by atoms with Gasteiger partial charge in [-0.15, -0.1) is 0 Å². The smallest absolute Gasteiger partial charge is 0.115 e. The van der Waals surface area contributed by atoms with Gasteiger partial charge in [0.1, 0.15) is 18.3 Å². The molecule has 0 radical (unpaired) electrons. The van der Waals surface area contributed by atoms with E-state index in [1.807, 2.05) is 60.7 Å². The summed E-state index contributed by atoms with van der Waals surface area (Å²) in [7, 11) is 0. The van der Waals surface area contributed by atoms with Crippen LogP contribution in [0.3, 0.4) is 0 Å². The van der Waals surface area contributed by atoms with E-state index in [-0.39, 0.29) is 30.8 Å². The molecule has 2 aromatic rings. The van der Waals surface area contributed by atoms with Crippen molar-refractivity contribution in [2.45, 2.75) is 43.7 Å². The Balaban J connectivity index is 1.46. The molecule has 0 amide bonds. The van der Waals surface area contributed by atoms with Crippen molar-refractivity contribution in [3.8, 4) is 0 Å². The first-order valence-electron chi connectivity index (χ1n) is 9.03. The largest absolute Gasteiger partial charge is 0.396 e. The minimum atomic E-state index is -0.826. The molecule has 1 heterocycles. The minimum Gasteiger partial charge on any atom is -0.396 e. The molecule has 0 aromatic heterocycles. The van der Waals surface area contributed by atoms with Gasteiger partial charge in [-0.3, -0.25) is 0 Å². The molecule has 5 heteroatoms. The lowest BCUT2D eigenvalue weighted by Crippen LogP contribution is -2.54. The van der Waals surface area contributed by atoms with Gasteiger partial charge in [0.2, 0.25) is 0 Å². The number of ether oxygens (including phenoxy) is 3. The van der Waals surface area contributed by atoms with Crippen molar-refractivity contribution < 1.29 is 24.4 Å². The van der Waals surface area contributed by atoms with Crippen molar-refractivity contribution in [3.63, 3.8) is 0 Å². The van der Waals surface area contributed by atoms with E-state index in [0.29, 0.717) is 13.2 Å². The predicted molar refractivity (Wildman–Crippen MR) is 95.3 cm³/mol. The summed E-state index contributed by atoms with van der Waals surface area (Å²) in [6.45, 7) is 0.683. The van der Waals surface area contributed by atoms with E-state index in [1.165, 1.54) is 0 Å².